The zero-order chi connectivity index (χ0) is 11.3. The summed E-state index contributed by atoms with van der Waals surface area (Å²) in [6.45, 7) is 3.01. The van der Waals surface area contributed by atoms with Crippen molar-refractivity contribution in [3.63, 3.8) is 0 Å². The second-order valence-electron chi connectivity index (χ2n) is 3.89. The van der Waals surface area contributed by atoms with Gasteiger partial charge in [0, 0.05) is 25.3 Å². The van der Waals surface area contributed by atoms with E-state index in [4.69, 9.17) is 10.5 Å². The molecular formula is C12H20N2O. The molecule has 0 fully saturated rings. The minimum atomic E-state index is 0.255. The van der Waals surface area contributed by atoms with E-state index in [9.17, 15) is 0 Å². The van der Waals surface area contributed by atoms with Gasteiger partial charge in [-0.05, 0) is 37.6 Å². The van der Waals surface area contributed by atoms with Gasteiger partial charge in [0.05, 0.1) is 7.11 Å². The number of hydrogen-bond acceptors (Lipinski definition) is 3. The molecule has 0 amide bonds. The molecule has 84 valence electrons. The molecule has 1 unspecified atom stereocenters. The lowest BCUT2D eigenvalue weighted by Crippen LogP contribution is -2.25. The van der Waals surface area contributed by atoms with Crippen molar-refractivity contribution in [3.8, 4) is 5.75 Å². The number of hydrogen-bond donors (Lipinski definition) is 1. The van der Waals surface area contributed by atoms with Crippen LogP contribution in [-0.4, -0.2) is 26.7 Å². The van der Waals surface area contributed by atoms with Crippen molar-refractivity contribution in [2.45, 2.75) is 19.4 Å². The van der Waals surface area contributed by atoms with Crippen LogP contribution in [0.1, 0.15) is 13.3 Å². The Morgan fingerprint density at radius 3 is 2.40 bits per heavy atom. The second-order valence-corrected chi connectivity index (χ2v) is 3.89. The Hall–Kier alpha value is -1.22. The summed E-state index contributed by atoms with van der Waals surface area (Å²) in [5, 5.41) is 0. The summed E-state index contributed by atoms with van der Waals surface area (Å²) in [7, 11) is 3.75. The molecule has 1 rings (SSSR count). The molecule has 0 aliphatic rings. The number of anilines is 1. The fourth-order valence-electron chi connectivity index (χ4n) is 1.36. The smallest absolute Gasteiger partial charge is 0.119 e. The summed E-state index contributed by atoms with van der Waals surface area (Å²) < 4.78 is 5.11. The van der Waals surface area contributed by atoms with Crippen molar-refractivity contribution in [3.05, 3.63) is 24.3 Å². The SMILES string of the molecule is COc1ccc(N(C)CCC(C)N)cc1. The van der Waals surface area contributed by atoms with Crippen molar-refractivity contribution < 1.29 is 4.74 Å². The van der Waals surface area contributed by atoms with Gasteiger partial charge in [0.15, 0.2) is 0 Å². The molecule has 2 N–H and O–H groups in total. The lowest BCUT2D eigenvalue weighted by atomic mass is 10.2. The summed E-state index contributed by atoms with van der Waals surface area (Å²) in [4.78, 5) is 2.20. The summed E-state index contributed by atoms with van der Waals surface area (Å²) in [6.07, 6.45) is 1.00. The van der Waals surface area contributed by atoms with E-state index in [1.165, 1.54) is 5.69 Å². The largest absolute Gasteiger partial charge is 0.497 e. The Kier molecular flexibility index (Phi) is 4.43. The third kappa shape index (κ3) is 3.80. The molecule has 0 radical (unpaired) electrons. The van der Waals surface area contributed by atoms with Gasteiger partial charge in [0.25, 0.3) is 0 Å². The van der Waals surface area contributed by atoms with Crippen LogP contribution < -0.4 is 15.4 Å². The first-order chi connectivity index (χ1) is 7.13. The van der Waals surface area contributed by atoms with Crippen molar-refractivity contribution in [2.24, 2.45) is 5.73 Å². The lowest BCUT2D eigenvalue weighted by molar-refractivity contribution is 0.415. The topological polar surface area (TPSA) is 38.5 Å². The molecule has 0 spiro atoms. The molecule has 3 heteroatoms. The Morgan fingerprint density at radius 1 is 1.33 bits per heavy atom. The van der Waals surface area contributed by atoms with Crippen LogP contribution in [0.5, 0.6) is 5.75 Å². The first kappa shape index (κ1) is 11.9. The van der Waals surface area contributed by atoms with Crippen LogP contribution in [0.3, 0.4) is 0 Å². The highest BCUT2D eigenvalue weighted by Crippen LogP contribution is 2.18. The van der Waals surface area contributed by atoms with Crippen molar-refractivity contribution in [2.75, 3.05) is 25.6 Å². The van der Waals surface area contributed by atoms with Crippen LogP contribution >= 0.6 is 0 Å². The van der Waals surface area contributed by atoms with Crippen LogP contribution in [0.2, 0.25) is 0 Å². The monoisotopic (exact) mass is 208 g/mol. The predicted molar refractivity (Wildman–Crippen MR) is 64.5 cm³/mol. The van der Waals surface area contributed by atoms with Gasteiger partial charge in [-0.2, -0.15) is 0 Å². The highest BCUT2D eigenvalue weighted by molar-refractivity contribution is 5.48. The van der Waals surface area contributed by atoms with E-state index in [1.54, 1.807) is 7.11 Å². The van der Waals surface area contributed by atoms with Gasteiger partial charge in [0.2, 0.25) is 0 Å². The summed E-state index contributed by atoms with van der Waals surface area (Å²) in [5.41, 5.74) is 6.91. The molecule has 0 heterocycles. The molecule has 0 aliphatic carbocycles. The maximum atomic E-state index is 5.72. The number of benzene rings is 1. The first-order valence-electron chi connectivity index (χ1n) is 5.24. The average molecular weight is 208 g/mol. The quantitative estimate of drug-likeness (QED) is 0.802. The highest BCUT2D eigenvalue weighted by atomic mass is 16.5. The third-order valence-corrected chi connectivity index (χ3v) is 2.43. The summed E-state index contributed by atoms with van der Waals surface area (Å²) in [5.74, 6) is 0.888. The molecule has 0 saturated heterocycles. The van der Waals surface area contributed by atoms with E-state index in [0.29, 0.717) is 0 Å². The maximum Gasteiger partial charge on any atom is 0.119 e. The summed E-state index contributed by atoms with van der Waals surface area (Å²) >= 11 is 0. The van der Waals surface area contributed by atoms with Gasteiger partial charge < -0.3 is 15.4 Å². The molecule has 0 aliphatic heterocycles. The number of nitrogens with two attached hydrogens (primary N) is 1. The second kappa shape index (κ2) is 5.61. The van der Waals surface area contributed by atoms with Gasteiger partial charge in [-0.3, -0.25) is 0 Å². The van der Waals surface area contributed by atoms with Crippen molar-refractivity contribution in [1.82, 2.24) is 0 Å². The van der Waals surface area contributed by atoms with E-state index in [1.807, 2.05) is 19.1 Å². The zero-order valence-electron chi connectivity index (χ0n) is 9.73. The van der Waals surface area contributed by atoms with Crippen molar-refractivity contribution >= 4 is 5.69 Å². The number of nitrogens with zero attached hydrogens (tertiary/aromatic N) is 1. The van der Waals surface area contributed by atoms with Crippen LogP contribution in [0.15, 0.2) is 24.3 Å². The van der Waals surface area contributed by atoms with Crippen LogP contribution in [0.25, 0.3) is 0 Å². The van der Waals surface area contributed by atoms with E-state index in [0.717, 1.165) is 18.7 Å². The number of methoxy groups -OCH3 is 1. The summed E-state index contributed by atoms with van der Waals surface area (Å²) in [6, 6.07) is 8.31. The van der Waals surface area contributed by atoms with E-state index < -0.39 is 0 Å². The number of ether oxygens (including phenoxy) is 1. The van der Waals surface area contributed by atoms with Gasteiger partial charge >= 0.3 is 0 Å². The molecule has 15 heavy (non-hydrogen) atoms. The molecule has 0 aromatic heterocycles. The van der Waals surface area contributed by atoms with E-state index in [2.05, 4.69) is 24.1 Å². The molecule has 1 atom stereocenters. The normalized spacial score (nSPS) is 12.3. The Bertz CT molecular complexity index is 282. The predicted octanol–water partition coefficient (Wildman–Crippen LogP) is 1.87. The molecular weight excluding hydrogens is 188 g/mol. The first-order valence-corrected chi connectivity index (χ1v) is 5.24. The van der Waals surface area contributed by atoms with Crippen LogP contribution in [-0.2, 0) is 0 Å². The molecule has 0 bridgehead atoms. The molecule has 3 nitrogen and oxygen atoms in total. The fourth-order valence-corrected chi connectivity index (χ4v) is 1.36. The molecule has 1 aromatic carbocycles. The van der Waals surface area contributed by atoms with E-state index >= 15 is 0 Å². The Labute approximate surface area is 91.8 Å². The van der Waals surface area contributed by atoms with Gasteiger partial charge in [0.1, 0.15) is 5.75 Å². The maximum absolute atomic E-state index is 5.72. The Morgan fingerprint density at radius 2 is 1.93 bits per heavy atom. The van der Waals surface area contributed by atoms with Gasteiger partial charge in [-0.1, -0.05) is 0 Å². The van der Waals surface area contributed by atoms with E-state index in [-0.39, 0.29) is 6.04 Å². The van der Waals surface area contributed by atoms with Crippen LogP contribution in [0, 0.1) is 0 Å². The highest BCUT2D eigenvalue weighted by Gasteiger charge is 2.02. The zero-order valence-corrected chi connectivity index (χ0v) is 9.73. The molecule has 1 aromatic rings. The Balaban J connectivity index is 2.54. The number of rotatable bonds is 5. The van der Waals surface area contributed by atoms with Crippen molar-refractivity contribution in [1.29, 1.82) is 0 Å². The third-order valence-electron chi connectivity index (χ3n) is 2.43. The molecule has 0 saturated carbocycles. The lowest BCUT2D eigenvalue weighted by Gasteiger charge is -2.20. The average Bonchev–Trinajstić information content (AvgIpc) is 2.26. The van der Waals surface area contributed by atoms with Crippen LogP contribution in [0.4, 0.5) is 5.69 Å². The minimum absolute atomic E-state index is 0.255. The van der Waals surface area contributed by atoms with Gasteiger partial charge in [-0.15, -0.1) is 0 Å². The minimum Gasteiger partial charge on any atom is -0.497 e. The fraction of sp³-hybridized carbons (Fsp3) is 0.500. The standard InChI is InChI=1S/C12H20N2O/c1-10(13)8-9-14(2)11-4-6-12(15-3)7-5-11/h4-7,10H,8-9,13H2,1-3H3. The van der Waals surface area contributed by atoms with Gasteiger partial charge in [-0.25, -0.2) is 0 Å².